The molecule has 0 fully saturated rings. The van der Waals surface area contributed by atoms with E-state index < -0.39 is 0 Å². The van der Waals surface area contributed by atoms with Gasteiger partial charge in [0.1, 0.15) is 0 Å². The number of hydrogen-bond acceptors (Lipinski definition) is 3. The number of carbonyl (C=O) groups is 1. The molecule has 0 aliphatic heterocycles. The molecule has 0 aliphatic carbocycles. The van der Waals surface area contributed by atoms with Crippen LogP contribution in [0.3, 0.4) is 0 Å². The molecule has 2 rings (SSSR count). The van der Waals surface area contributed by atoms with E-state index in [9.17, 15) is 4.79 Å². The first-order valence-corrected chi connectivity index (χ1v) is 5.84. The molecule has 0 N–H and O–H groups in total. The first-order valence-electron chi connectivity index (χ1n) is 4.96. The molecule has 2 aromatic heterocycles. The van der Waals surface area contributed by atoms with Gasteiger partial charge in [0, 0.05) is 13.2 Å². The first-order chi connectivity index (χ1) is 7.77. The zero-order chi connectivity index (χ0) is 11.4. The van der Waals surface area contributed by atoms with Gasteiger partial charge in [0.05, 0.1) is 17.1 Å². The van der Waals surface area contributed by atoms with Crippen molar-refractivity contribution in [2.24, 2.45) is 0 Å². The standard InChI is InChI=1S/C12H12N2OS.K.H/c1-14(9-10-5-2-3-7-13-10)12(15)11-6-4-8-16-11;;/h2-8H,9H2,1H3;;. The maximum absolute atomic E-state index is 11.9. The van der Waals surface area contributed by atoms with Crippen molar-refractivity contribution in [3.05, 3.63) is 52.5 Å². The summed E-state index contributed by atoms with van der Waals surface area (Å²) in [6, 6.07) is 9.42. The third-order valence-electron chi connectivity index (χ3n) is 2.20. The van der Waals surface area contributed by atoms with Gasteiger partial charge in [-0.2, -0.15) is 0 Å². The van der Waals surface area contributed by atoms with Crippen LogP contribution < -0.4 is 0 Å². The van der Waals surface area contributed by atoms with Crippen molar-refractivity contribution in [2.45, 2.75) is 6.54 Å². The Kier molecular flexibility index (Phi) is 6.54. The molecule has 0 unspecified atom stereocenters. The van der Waals surface area contributed by atoms with Gasteiger partial charge in [-0.1, -0.05) is 12.1 Å². The summed E-state index contributed by atoms with van der Waals surface area (Å²) in [6.07, 6.45) is 1.73. The molecule has 0 spiro atoms. The third kappa shape index (κ3) is 4.28. The van der Waals surface area contributed by atoms with Crippen LogP contribution in [-0.4, -0.2) is 74.2 Å². The van der Waals surface area contributed by atoms with Gasteiger partial charge in [-0.3, -0.25) is 9.78 Å². The molecule has 17 heavy (non-hydrogen) atoms. The Balaban J connectivity index is 0.00000144. The summed E-state index contributed by atoms with van der Waals surface area (Å²) in [4.78, 5) is 18.5. The van der Waals surface area contributed by atoms with Crippen LogP contribution in [0.5, 0.6) is 0 Å². The van der Waals surface area contributed by atoms with E-state index in [0.717, 1.165) is 10.6 Å². The topological polar surface area (TPSA) is 33.2 Å². The number of carbonyl (C=O) groups excluding carboxylic acids is 1. The van der Waals surface area contributed by atoms with Gasteiger partial charge in [-0.05, 0) is 23.6 Å². The average Bonchev–Trinajstić information content (AvgIpc) is 2.83. The number of aromatic nitrogens is 1. The molecule has 1 amide bonds. The molecule has 3 nitrogen and oxygen atoms in total. The molecule has 0 aliphatic rings. The van der Waals surface area contributed by atoms with Crippen LogP contribution >= 0.6 is 11.3 Å². The van der Waals surface area contributed by atoms with E-state index >= 15 is 0 Å². The van der Waals surface area contributed by atoms with Gasteiger partial charge in [-0.25, -0.2) is 0 Å². The number of amides is 1. The zero-order valence-corrected chi connectivity index (χ0v) is 9.78. The zero-order valence-electron chi connectivity index (χ0n) is 8.96. The minimum absolute atomic E-state index is 0. The summed E-state index contributed by atoms with van der Waals surface area (Å²) in [6.45, 7) is 0.539. The van der Waals surface area contributed by atoms with E-state index in [1.807, 2.05) is 35.7 Å². The molecule has 84 valence electrons. The molecule has 0 bridgehead atoms. The van der Waals surface area contributed by atoms with E-state index in [4.69, 9.17) is 0 Å². The third-order valence-corrected chi connectivity index (χ3v) is 3.06. The number of pyridine rings is 1. The molecule has 0 radical (unpaired) electrons. The summed E-state index contributed by atoms with van der Waals surface area (Å²) < 4.78 is 0. The summed E-state index contributed by atoms with van der Waals surface area (Å²) in [5.74, 6) is 0.0423. The Bertz CT molecular complexity index is 459. The molecule has 0 saturated heterocycles. The molecule has 2 aromatic rings. The fraction of sp³-hybridized carbons (Fsp3) is 0.167. The van der Waals surface area contributed by atoms with Gasteiger partial charge < -0.3 is 4.90 Å². The van der Waals surface area contributed by atoms with E-state index in [0.29, 0.717) is 6.54 Å². The Morgan fingerprint density at radius 1 is 1.35 bits per heavy atom. The predicted octanol–water partition coefficient (Wildman–Crippen LogP) is 1.77. The molecule has 5 heteroatoms. The van der Waals surface area contributed by atoms with E-state index in [1.165, 1.54) is 11.3 Å². The van der Waals surface area contributed by atoms with Crippen LogP contribution in [-0.2, 0) is 6.54 Å². The normalized spacial score (nSPS) is 9.47. The SMILES string of the molecule is CN(Cc1ccccn1)C(=O)c1cccs1.[KH]. The second-order valence-corrected chi connectivity index (χ2v) is 4.41. The van der Waals surface area contributed by atoms with Crippen molar-refractivity contribution in [3.8, 4) is 0 Å². The quantitative estimate of drug-likeness (QED) is 0.798. The second-order valence-electron chi connectivity index (χ2n) is 3.46. The van der Waals surface area contributed by atoms with E-state index in [1.54, 1.807) is 18.1 Å². The van der Waals surface area contributed by atoms with Gasteiger partial charge >= 0.3 is 51.4 Å². The summed E-state index contributed by atoms with van der Waals surface area (Å²) >= 11 is 1.46. The van der Waals surface area contributed by atoms with Crippen LogP contribution in [0.1, 0.15) is 15.4 Å². The van der Waals surface area contributed by atoms with E-state index in [2.05, 4.69) is 4.98 Å². The molecular weight excluding hydrogens is 259 g/mol. The van der Waals surface area contributed by atoms with Crippen molar-refractivity contribution in [1.82, 2.24) is 9.88 Å². The number of nitrogens with zero attached hydrogens (tertiary/aromatic N) is 2. The Labute approximate surface area is 147 Å². The van der Waals surface area contributed by atoms with Crippen LogP contribution in [0.2, 0.25) is 0 Å². The Hall–Kier alpha value is -0.0436. The number of thiophene rings is 1. The fourth-order valence-electron chi connectivity index (χ4n) is 1.39. The summed E-state index contributed by atoms with van der Waals surface area (Å²) in [7, 11) is 1.79. The summed E-state index contributed by atoms with van der Waals surface area (Å²) in [5.41, 5.74) is 0.898. The second kappa shape index (κ2) is 7.40. The monoisotopic (exact) mass is 272 g/mol. The first kappa shape index (κ1) is 15.0. The molecule has 0 atom stereocenters. The Morgan fingerprint density at radius 3 is 2.76 bits per heavy atom. The van der Waals surface area contributed by atoms with Crippen molar-refractivity contribution < 1.29 is 4.79 Å². The molecular formula is C12H13KN2OS. The van der Waals surface area contributed by atoms with Crippen molar-refractivity contribution in [1.29, 1.82) is 0 Å². The predicted molar refractivity (Wildman–Crippen MR) is 71.5 cm³/mol. The van der Waals surface area contributed by atoms with Crippen LogP contribution in [0.25, 0.3) is 0 Å². The summed E-state index contributed by atoms with van der Waals surface area (Å²) in [5, 5.41) is 1.90. The van der Waals surface area contributed by atoms with Gasteiger partial charge in [0.2, 0.25) is 0 Å². The number of hydrogen-bond donors (Lipinski definition) is 0. The van der Waals surface area contributed by atoms with E-state index in [-0.39, 0.29) is 57.3 Å². The van der Waals surface area contributed by atoms with Crippen molar-refractivity contribution in [2.75, 3.05) is 7.05 Å². The Morgan fingerprint density at radius 2 is 2.18 bits per heavy atom. The van der Waals surface area contributed by atoms with Crippen molar-refractivity contribution >= 4 is 68.6 Å². The van der Waals surface area contributed by atoms with Crippen LogP contribution in [0, 0.1) is 0 Å². The van der Waals surface area contributed by atoms with Crippen LogP contribution in [0.4, 0.5) is 0 Å². The number of rotatable bonds is 3. The fourth-order valence-corrected chi connectivity index (χ4v) is 2.11. The van der Waals surface area contributed by atoms with Crippen LogP contribution in [0.15, 0.2) is 41.9 Å². The van der Waals surface area contributed by atoms with Gasteiger partial charge in [-0.15, -0.1) is 11.3 Å². The minimum atomic E-state index is 0. The molecule has 0 aromatic carbocycles. The van der Waals surface area contributed by atoms with Crippen molar-refractivity contribution in [3.63, 3.8) is 0 Å². The average molecular weight is 272 g/mol. The molecule has 0 saturated carbocycles. The van der Waals surface area contributed by atoms with Gasteiger partial charge in [0.15, 0.2) is 0 Å². The maximum atomic E-state index is 11.9. The van der Waals surface area contributed by atoms with Gasteiger partial charge in [0.25, 0.3) is 5.91 Å². The molecule has 2 heterocycles.